The van der Waals surface area contributed by atoms with E-state index in [0.29, 0.717) is 17.0 Å². The molecule has 0 spiro atoms. The fraction of sp³-hybridized carbons (Fsp3) is 0.474. The standard InChI is InChI=1S/C19H24FN3O2S/c1-12-6-13(2)9-23(8-12)10-15-11-26-19(21-15)22-18(24)14-4-5-17(25-3)16(20)7-14/h4-5,7,11-13H,6,8-10H2,1-3H3,(H,21,22,24)/t12-,13-/m0/s1. The third kappa shape index (κ3) is 4.59. The third-order valence-electron chi connectivity index (χ3n) is 4.52. The first-order valence-electron chi connectivity index (χ1n) is 8.76. The van der Waals surface area contributed by atoms with Crippen molar-refractivity contribution in [3.8, 4) is 5.75 Å². The second-order valence-corrected chi connectivity index (χ2v) is 7.95. The molecular formula is C19H24FN3O2S. The zero-order valence-electron chi connectivity index (χ0n) is 15.3. The van der Waals surface area contributed by atoms with Gasteiger partial charge in [0.1, 0.15) is 0 Å². The number of benzene rings is 1. The van der Waals surface area contributed by atoms with E-state index in [1.54, 1.807) is 0 Å². The van der Waals surface area contributed by atoms with Crippen molar-refractivity contribution in [1.29, 1.82) is 0 Å². The molecule has 1 fully saturated rings. The van der Waals surface area contributed by atoms with Crippen LogP contribution in [0.5, 0.6) is 5.75 Å². The number of anilines is 1. The van der Waals surface area contributed by atoms with E-state index in [-0.39, 0.29) is 17.2 Å². The molecule has 1 amide bonds. The summed E-state index contributed by atoms with van der Waals surface area (Å²) in [5.41, 5.74) is 1.19. The highest BCUT2D eigenvalue weighted by atomic mass is 32.1. The van der Waals surface area contributed by atoms with Gasteiger partial charge in [-0.25, -0.2) is 9.37 Å². The van der Waals surface area contributed by atoms with E-state index in [1.165, 1.54) is 43.1 Å². The van der Waals surface area contributed by atoms with Crippen molar-refractivity contribution < 1.29 is 13.9 Å². The lowest BCUT2D eigenvalue weighted by molar-refractivity contribution is 0.102. The molecule has 1 saturated heterocycles. The molecule has 0 radical (unpaired) electrons. The summed E-state index contributed by atoms with van der Waals surface area (Å²) in [6, 6.07) is 4.14. The number of piperidine rings is 1. The van der Waals surface area contributed by atoms with Gasteiger partial charge in [0.2, 0.25) is 0 Å². The van der Waals surface area contributed by atoms with Gasteiger partial charge in [0, 0.05) is 30.6 Å². The SMILES string of the molecule is COc1ccc(C(=O)Nc2nc(CN3C[C@@H](C)C[C@H](C)C3)cs2)cc1F. The molecule has 0 unspecified atom stereocenters. The van der Waals surface area contributed by atoms with Crippen molar-refractivity contribution in [3.63, 3.8) is 0 Å². The van der Waals surface area contributed by atoms with Crippen molar-refractivity contribution in [2.75, 3.05) is 25.5 Å². The molecular weight excluding hydrogens is 353 g/mol. The van der Waals surface area contributed by atoms with E-state index in [9.17, 15) is 9.18 Å². The number of hydrogen-bond acceptors (Lipinski definition) is 5. The second kappa shape index (κ2) is 8.14. The van der Waals surface area contributed by atoms with E-state index in [4.69, 9.17) is 4.74 Å². The van der Waals surface area contributed by atoms with E-state index >= 15 is 0 Å². The molecule has 2 aromatic rings. The number of amides is 1. The van der Waals surface area contributed by atoms with Gasteiger partial charge < -0.3 is 4.74 Å². The Morgan fingerprint density at radius 3 is 2.77 bits per heavy atom. The molecule has 1 aromatic carbocycles. The van der Waals surface area contributed by atoms with Crippen LogP contribution >= 0.6 is 11.3 Å². The summed E-state index contributed by atoms with van der Waals surface area (Å²) in [6.07, 6.45) is 1.27. The molecule has 1 aromatic heterocycles. The smallest absolute Gasteiger partial charge is 0.257 e. The maximum absolute atomic E-state index is 13.8. The van der Waals surface area contributed by atoms with Crippen LogP contribution in [0.4, 0.5) is 9.52 Å². The minimum absolute atomic E-state index is 0.114. The zero-order valence-corrected chi connectivity index (χ0v) is 16.1. The maximum atomic E-state index is 13.8. The number of rotatable bonds is 5. The lowest BCUT2D eigenvalue weighted by Gasteiger charge is -2.34. The summed E-state index contributed by atoms with van der Waals surface area (Å²) in [5.74, 6) is 0.562. The molecule has 2 atom stereocenters. The number of ether oxygens (including phenoxy) is 1. The van der Waals surface area contributed by atoms with Crippen molar-refractivity contribution >= 4 is 22.4 Å². The molecule has 2 heterocycles. The van der Waals surface area contributed by atoms with Crippen LogP contribution in [0.1, 0.15) is 36.3 Å². The predicted molar refractivity (Wildman–Crippen MR) is 101 cm³/mol. The first kappa shape index (κ1) is 18.8. The second-order valence-electron chi connectivity index (χ2n) is 7.09. The van der Waals surface area contributed by atoms with Gasteiger partial charge >= 0.3 is 0 Å². The van der Waals surface area contributed by atoms with Crippen LogP contribution in [-0.4, -0.2) is 36.0 Å². The Morgan fingerprint density at radius 2 is 2.12 bits per heavy atom. The van der Waals surface area contributed by atoms with Crippen LogP contribution in [0.25, 0.3) is 0 Å². The molecule has 3 rings (SSSR count). The molecule has 5 nitrogen and oxygen atoms in total. The van der Waals surface area contributed by atoms with Gasteiger partial charge in [-0.1, -0.05) is 13.8 Å². The van der Waals surface area contributed by atoms with E-state index in [2.05, 4.69) is 29.0 Å². The van der Waals surface area contributed by atoms with E-state index in [1.807, 2.05) is 5.38 Å². The quantitative estimate of drug-likeness (QED) is 0.855. The van der Waals surface area contributed by atoms with Crippen LogP contribution in [0.2, 0.25) is 0 Å². The molecule has 1 N–H and O–H groups in total. The summed E-state index contributed by atoms with van der Waals surface area (Å²) >= 11 is 1.39. The highest BCUT2D eigenvalue weighted by molar-refractivity contribution is 7.13. The minimum Gasteiger partial charge on any atom is -0.494 e. The molecule has 0 aliphatic carbocycles. The van der Waals surface area contributed by atoms with Gasteiger partial charge in [-0.2, -0.15) is 0 Å². The number of nitrogens with zero attached hydrogens (tertiary/aromatic N) is 2. The monoisotopic (exact) mass is 377 g/mol. The number of halogens is 1. The van der Waals surface area contributed by atoms with Gasteiger partial charge in [0.15, 0.2) is 16.7 Å². The van der Waals surface area contributed by atoms with E-state index in [0.717, 1.165) is 25.3 Å². The number of aromatic nitrogens is 1. The largest absolute Gasteiger partial charge is 0.494 e. The van der Waals surface area contributed by atoms with Gasteiger partial charge in [-0.3, -0.25) is 15.0 Å². The highest BCUT2D eigenvalue weighted by Gasteiger charge is 2.22. The number of methoxy groups -OCH3 is 1. The first-order chi connectivity index (χ1) is 12.4. The van der Waals surface area contributed by atoms with Gasteiger partial charge in [-0.15, -0.1) is 11.3 Å². The van der Waals surface area contributed by atoms with Crippen LogP contribution < -0.4 is 10.1 Å². The first-order valence-corrected chi connectivity index (χ1v) is 9.64. The average Bonchev–Trinajstić information content (AvgIpc) is 3.00. The van der Waals surface area contributed by atoms with Crippen molar-refractivity contribution in [3.05, 3.63) is 40.7 Å². The Kier molecular flexibility index (Phi) is 5.88. The number of likely N-dealkylation sites (tertiary alicyclic amines) is 1. The molecule has 1 aliphatic rings. The topological polar surface area (TPSA) is 54.5 Å². The van der Waals surface area contributed by atoms with Crippen LogP contribution in [0.15, 0.2) is 23.6 Å². The summed E-state index contributed by atoms with van der Waals surface area (Å²) in [7, 11) is 1.39. The van der Waals surface area contributed by atoms with E-state index < -0.39 is 5.82 Å². The third-order valence-corrected chi connectivity index (χ3v) is 5.32. The molecule has 0 saturated carbocycles. The summed E-state index contributed by atoms with van der Waals surface area (Å²) in [5, 5.41) is 5.23. The maximum Gasteiger partial charge on any atom is 0.257 e. The summed E-state index contributed by atoms with van der Waals surface area (Å²) in [4.78, 5) is 19.2. The zero-order chi connectivity index (χ0) is 18.7. The lowest BCUT2D eigenvalue weighted by atomic mass is 9.92. The predicted octanol–water partition coefficient (Wildman–Crippen LogP) is 4.02. The fourth-order valence-electron chi connectivity index (χ4n) is 3.56. The number of thiazole rings is 1. The van der Waals surface area contributed by atoms with Crippen molar-refractivity contribution in [1.82, 2.24) is 9.88 Å². The summed E-state index contributed by atoms with van der Waals surface area (Å²) in [6.45, 7) is 7.51. The summed E-state index contributed by atoms with van der Waals surface area (Å²) < 4.78 is 18.6. The van der Waals surface area contributed by atoms with Crippen molar-refractivity contribution in [2.45, 2.75) is 26.8 Å². The number of carbonyl (C=O) groups excluding carboxylic acids is 1. The molecule has 0 bridgehead atoms. The van der Waals surface area contributed by atoms with Crippen LogP contribution in [0.3, 0.4) is 0 Å². The number of carbonyl (C=O) groups is 1. The Bertz CT molecular complexity index is 770. The molecule has 26 heavy (non-hydrogen) atoms. The molecule has 1 aliphatic heterocycles. The Labute approximate surface area is 157 Å². The minimum atomic E-state index is -0.562. The fourth-order valence-corrected chi connectivity index (χ4v) is 4.26. The van der Waals surface area contributed by atoms with Gasteiger partial charge in [0.05, 0.1) is 12.8 Å². The molecule has 7 heteroatoms. The van der Waals surface area contributed by atoms with Crippen LogP contribution in [0, 0.1) is 17.7 Å². The Balaban J connectivity index is 1.61. The highest BCUT2D eigenvalue weighted by Crippen LogP contribution is 2.24. The number of hydrogen-bond donors (Lipinski definition) is 1. The Morgan fingerprint density at radius 1 is 1.38 bits per heavy atom. The van der Waals surface area contributed by atoms with Crippen molar-refractivity contribution in [2.24, 2.45) is 11.8 Å². The van der Waals surface area contributed by atoms with Crippen LogP contribution in [-0.2, 0) is 6.54 Å². The molecule has 140 valence electrons. The van der Waals surface area contributed by atoms with Gasteiger partial charge in [-0.05, 0) is 36.5 Å². The lowest BCUT2D eigenvalue weighted by Crippen LogP contribution is -2.38. The number of nitrogens with one attached hydrogen (secondary N) is 1. The average molecular weight is 377 g/mol. The van der Waals surface area contributed by atoms with Gasteiger partial charge in [0.25, 0.3) is 5.91 Å². The Hall–Kier alpha value is -1.99. The normalized spacial score (nSPS) is 20.8.